The van der Waals surface area contributed by atoms with Gasteiger partial charge in [-0.2, -0.15) is 0 Å². The van der Waals surface area contributed by atoms with Crippen LogP contribution in [-0.2, 0) is 11.8 Å². The van der Waals surface area contributed by atoms with Crippen LogP contribution in [0.4, 0.5) is 0 Å². The Labute approximate surface area is 175 Å². The number of benzene rings is 4. The Morgan fingerprint density at radius 3 is 1.13 bits per heavy atom. The summed E-state index contributed by atoms with van der Waals surface area (Å²) in [6.07, 6.45) is 0.201. The van der Waals surface area contributed by atoms with E-state index >= 15 is 0 Å². The van der Waals surface area contributed by atoms with Gasteiger partial charge in [-0.25, -0.2) is 0 Å². The molecule has 4 aromatic carbocycles. The predicted octanol–water partition coefficient (Wildman–Crippen LogP) is 5.09. The topological polar surface area (TPSA) is 80.9 Å². The molecule has 4 heteroatoms. The Hall–Kier alpha value is -3.92. The van der Waals surface area contributed by atoms with Crippen LogP contribution in [0.3, 0.4) is 0 Å². The molecule has 0 atom stereocenters. The van der Waals surface area contributed by atoms with Crippen LogP contribution in [0.2, 0.25) is 0 Å². The first-order valence-corrected chi connectivity index (χ1v) is 9.66. The summed E-state index contributed by atoms with van der Waals surface area (Å²) >= 11 is 0. The predicted molar refractivity (Wildman–Crippen MR) is 116 cm³/mol. The first-order chi connectivity index (χ1) is 14.5. The largest absolute Gasteiger partial charge is 0.508 e. The van der Waals surface area contributed by atoms with Crippen molar-refractivity contribution in [2.45, 2.75) is 11.8 Å². The van der Waals surface area contributed by atoms with Crippen LogP contribution >= 0.6 is 0 Å². The Kier molecular flexibility index (Phi) is 5.07. The molecule has 0 unspecified atom stereocenters. The lowest BCUT2D eigenvalue weighted by Crippen LogP contribution is -2.32. The van der Waals surface area contributed by atoms with E-state index in [1.54, 1.807) is 91.0 Å². The van der Waals surface area contributed by atoms with Gasteiger partial charge < -0.3 is 20.4 Å². The zero-order valence-corrected chi connectivity index (χ0v) is 16.2. The van der Waals surface area contributed by atoms with Gasteiger partial charge in [0.15, 0.2) is 0 Å². The molecule has 0 aliphatic heterocycles. The highest BCUT2D eigenvalue weighted by molar-refractivity contribution is 5.62. The molecule has 0 aliphatic rings. The highest BCUT2D eigenvalue weighted by Gasteiger charge is 2.42. The number of para-hydroxylation sites is 4. The zero-order valence-electron chi connectivity index (χ0n) is 16.2. The number of hydrogen-bond acceptors (Lipinski definition) is 4. The van der Waals surface area contributed by atoms with Gasteiger partial charge >= 0.3 is 0 Å². The lowest BCUT2D eigenvalue weighted by atomic mass is 9.65. The quantitative estimate of drug-likeness (QED) is 0.353. The summed E-state index contributed by atoms with van der Waals surface area (Å²) in [6.45, 7) is 0. The molecule has 30 heavy (non-hydrogen) atoms. The summed E-state index contributed by atoms with van der Waals surface area (Å²) in [6, 6.07) is 27.6. The normalized spacial score (nSPS) is 11.3. The molecule has 0 aromatic heterocycles. The molecule has 0 heterocycles. The molecule has 4 rings (SSSR count). The molecule has 0 bridgehead atoms. The van der Waals surface area contributed by atoms with Crippen LogP contribution in [-0.4, -0.2) is 20.4 Å². The van der Waals surface area contributed by atoms with Gasteiger partial charge in [0.25, 0.3) is 0 Å². The van der Waals surface area contributed by atoms with Crippen molar-refractivity contribution in [3.05, 3.63) is 119 Å². The average Bonchev–Trinajstić information content (AvgIpc) is 2.75. The third kappa shape index (κ3) is 3.22. The average molecular weight is 398 g/mol. The molecule has 0 fully saturated rings. The number of rotatable bonds is 5. The lowest BCUT2D eigenvalue weighted by Gasteiger charge is -2.37. The molecule has 0 radical (unpaired) electrons. The van der Waals surface area contributed by atoms with E-state index in [-0.39, 0.29) is 29.4 Å². The zero-order chi connectivity index (χ0) is 21.1. The van der Waals surface area contributed by atoms with E-state index in [9.17, 15) is 20.4 Å². The Morgan fingerprint density at radius 2 is 0.767 bits per heavy atom. The number of phenols is 4. The van der Waals surface area contributed by atoms with Crippen molar-refractivity contribution in [2.75, 3.05) is 0 Å². The summed E-state index contributed by atoms with van der Waals surface area (Å²) in [4.78, 5) is 0. The maximum absolute atomic E-state index is 10.9. The highest BCUT2D eigenvalue weighted by Crippen LogP contribution is 2.51. The van der Waals surface area contributed by atoms with Gasteiger partial charge in [-0.1, -0.05) is 72.8 Å². The van der Waals surface area contributed by atoms with Gasteiger partial charge in [0.05, 0.1) is 5.41 Å². The van der Waals surface area contributed by atoms with Crippen molar-refractivity contribution in [2.24, 2.45) is 0 Å². The molecule has 0 spiro atoms. The van der Waals surface area contributed by atoms with Crippen LogP contribution in [0.15, 0.2) is 97.1 Å². The fourth-order valence-corrected chi connectivity index (χ4v) is 4.17. The van der Waals surface area contributed by atoms with Crippen LogP contribution < -0.4 is 0 Å². The maximum atomic E-state index is 10.9. The van der Waals surface area contributed by atoms with Crippen LogP contribution in [0.5, 0.6) is 23.0 Å². The van der Waals surface area contributed by atoms with E-state index in [0.717, 1.165) is 0 Å². The molecule has 4 nitrogen and oxygen atoms in total. The van der Waals surface area contributed by atoms with Gasteiger partial charge in [0.2, 0.25) is 0 Å². The van der Waals surface area contributed by atoms with Crippen molar-refractivity contribution in [1.29, 1.82) is 0 Å². The number of hydrogen-bond donors (Lipinski definition) is 4. The molecule has 0 amide bonds. The molecule has 4 aromatic rings. The monoisotopic (exact) mass is 398 g/mol. The van der Waals surface area contributed by atoms with Crippen molar-refractivity contribution >= 4 is 0 Å². The van der Waals surface area contributed by atoms with E-state index < -0.39 is 5.41 Å². The lowest BCUT2D eigenvalue weighted by molar-refractivity contribution is 0.413. The molecular formula is C26H22O4. The van der Waals surface area contributed by atoms with Crippen LogP contribution in [0.1, 0.15) is 22.3 Å². The third-order valence-electron chi connectivity index (χ3n) is 5.54. The molecular weight excluding hydrogens is 376 g/mol. The minimum atomic E-state index is -1.17. The Bertz CT molecular complexity index is 1070. The molecule has 4 N–H and O–H groups in total. The second-order valence-corrected chi connectivity index (χ2v) is 7.26. The van der Waals surface area contributed by atoms with Crippen LogP contribution in [0.25, 0.3) is 0 Å². The van der Waals surface area contributed by atoms with E-state index in [1.807, 2.05) is 6.07 Å². The van der Waals surface area contributed by atoms with Gasteiger partial charge in [-0.15, -0.1) is 0 Å². The standard InChI is InChI=1S/C26H22O4/c27-22-13-5-1-9-18(22)17-26(19-10-2-6-14-23(19)28,20-11-3-7-15-24(20)29)21-12-4-8-16-25(21)30/h1-16,27-30H,17H2. The second kappa shape index (κ2) is 7.84. The summed E-state index contributed by atoms with van der Waals surface area (Å²) < 4.78 is 0. The van der Waals surface area contributed by atoms with Crippen molar-refractivity contribution < 1.29 is 20.4 Å². The number of phenolic OH excluding ortho intramolecular Hbond substituents is 4. The minimum absolute atomic E-state index is 0.0272. The van der Waals surface area contributed by atoms with Gasteiger partial charge in [0, 0.05) is 16.7 Å². The van der Waals surface area contributed by atoms with Gasteiger partial charge in [-0.3, -0.25) is 0 Å². The Balaban J connectivity index is 2.14. The molecule has 0 saturated heterocycles. The van der Waals surface area contributed by atoms with E-state index in [4.69, 9.17) is 0 Å². The fraction of sp³-hybridized carbons (Fsp3) is 0.0769. The first kappa shape index (κ1) is 19.4. The third-order valence-corrected chi connectivity index (χ3v) is 5.54. The summed E-state index contributed by atoms with van der Waals surface area (Å²) in [5.74, 6) is 0.182. The minimum Gasteiger partial charge on any atom is -0.508 e. The second-order valence-electron chi connectivity index (χ2n) is 7.26. The summed E-state index contributed by atoms with van der Waals surface area (Å²) in [5.41, 5.74) is 0.983. The maximum Gasteiger partial charge on any atom is 0.120 e. The van der Waals surface area contributed by atoms with Crippen molar-refractivity contribution in [3.8, 4) is 23.0 Å². The van der Waals surface area contributed by atoms with Crippen LogP contribution in [0, 0.1) is 0 Å². The SMILES string of the molecule is Oc1ccccc1CC(c1ccccc1O)(c1ccccc1O)c1ccccc1O. The first-order valence-electron chi connectivity index (χ1n) is 9.66. The summed E-state index contributed by atoms with van der Waals surface area (Å²) in [7, 11) is 0. The highest BCUT2D eigenvalue weighted by atomic mass is 16.3. The molecule has 150 valence electrons. The van der Waals surface area contributed by atoms with E-state index in [2.05, 4.69) is 0 Å². The van der Waals surface area contributed by atoms with Gasteiger partial charge in [-0.05, 0) is 36.2 Å². The Morgan fingerprint density at radius 1 is 0.433 bits per heavy atom. The number of aromatic hydroxyl groups is 4. The summed E-state index contributed by atoms with van der Waals surface area (Å²) in [5, 5.41) is 43.2. The fourth-order valence-electron chi connectivity index (χ4n) is 4.17. The van der Waals surface area contributed by atoms with E-state index in [0.29, 0.717) is 22.3 Å². The van der Waals surface area contributed by atoms with Gasteiger partial charge in [0.1, 0.15) is 23.0 Å². The smallest absolute Gasteiger partial charge is 0.120 e. The molecule has 0 saturated carbocycles. The van der Waals surface area contributed by atoms with Crippen molar-refractivity contribution in [3.63, 3.8) is 0 Å². The van der Waals surface area contributed by atoms with Crippen molar-refractivity contribution in [1.82, 2.24) is 0 Å². The van der Waals surface area contributed by atoms with E-state index in [1.165, 1.54) is 0 Å². The molecule has 0 aliphatic carbocycles.